The lowest BCUT2D eigenvalue weighted by molar-refractivity contribution is 0.0908. The van der Waals surface area contributed by atoms with Crippen LogP contribution in [0.2, 0.25) is 0 Å². The third-order valence-corrected chi connectivity index (χ3v) is 9.50. The largest absolute Gasteiger partial charge is 0.350 e. The van der Waals surface area contributed by atoms with Gasteiger partial charge in [-0.1, -0.05) is 39.0 Å². The van der Waals surface area contributed by atoms with E-state index in [0.29, 0.717) is 11.4 Å². The van der Waals surface area contributed by atoms with Gasteiger partial charge in [-0.25, -0.2) is 8.42 Å². The van der Waals surface area contributed by atoms with Crippen molar-refractivity contribution in [3.63, 3.8) is 0 Å². The summed E-state index contributed by atoms with van der Waals surface area (Å²) in [5.74, 6) is -0.0112. The number of amides is 1. The number of nitrogens with one attached hydrogen (secondary N) is 1. The number of carbonyl (C=O) groups is 1. The number of aryl methyl sites for hydroxylation is 1. The first-order valence-electron chi connectivity index (χ1n) is 12.1. The molecular formula is C25H35N3O4S. The number of nitrogens with zero attached hydrogens (tertiary/aromatic N) is 2. The van der Waals surface area contributed by atoms with Crippen LogP contribution in [0.5, 0.6) is 0 Å². The van der Waals surface area contributed by atoms with E-state index in [4.69, 9.17) is 0 Å². The molecule has 1 heterocycles. The molecular weight excluding hydrogens is 438 g/mol. The van der Waals surface area contributed by atoms with E-state index in [2.05, 4.69) is 12.2 Å². The van der Waals surface area contributed by atoms with E-state index >= 15 is 0 Å². The fourth-order valence-electron chi connectivity index (χ4n) is 5.38. The molecule has 0 aliphatic heterocycles. The van der Waals surface area contributed by atoms with E-state index in [1.165, 1.54) is 10.4 Å². The second-order valence-electron chi connectivity index (χ2n) is 9.82. The Labute approximate surface area is 196 Å². The summed E-state index contributed by atoms with van der Waals surface area (Å²) in [4.78, 5) is 26.4. The number of benzene rings is 1. The maximum absolute atomic E-state index is 13.3. The first-order valence-corrected chi connectivity index (χ1v) is 13.6. The van der Waals surface area contributed by atoms with Gasteiger partial charge in [-0.05, 0) is 49.8 Å². The zero-order valence-electron chi connectivity index (χ0n) is 19.8. The number of sulfonamides is 1. The van der Waals surface area contributed by atoms with Crippen LogP contribution in [-0.4, -0.2) is 42.3 Å². The Hall–Kier alpha value is -2.19. The average molecular weight is 474 g/mol. The molecule has 0 bridgehead atoms. The molecule has 2 saturated carbocycles. The molecule has 2 atom stereocenters. The van der Waals surface area contributed by atoms with E-state index in [0.717, 1.165) is 57.8 Å². The summed E-state index contributed by atoms with van der Waals surface area (Å²) in [7, 11) is -0.342. The molecule has 0 saturated heterocycles. The van der Waals surface area contributed by atoms with E-state index in [9.17, 15) is 18.0 Å². The van der Waals surface area contributed by atoms with Crippen LogP contribution < -0.4 is 10.7 Å². The fraction of sp³-hybridized carbons (Fsp3) is 0.600. The lowest BCUT2D eigenvalue weighted by Gasteiger charge is -2.30. The van der Waals surface area contributed by atoms with Crippen LogP contribution in [0.4, 0.5) is 0 Å². The summed E-state index contributed by atoms with van der Waals surface area (Å²) in [6.07, 6.45) is 10.7. The second-order valence-corrected chi connectivity index (χ2v) is 11.8. The zero-order valence-corrected chi connectivity index (χ0v) is 20.7. The fourth-order valence-corrected chi connectivity index (χ4v) is 6.82. The molecule has 0 radical (unpaired) electrons. The molecule has 1 amide bonds. The summed E-state index contributed by atoms with van der Waals surface area (Å²) in [5, 5.41) is 3.29. The Kier molecular flexibility index (Phi) is 6.96. The summed E-state index contributed by atoms with van der Waals surface area (Å²) in [5.41, 5.74) is 0.223. The zero-order chi connectivity index (χ0) is 23.8. The molecule has 0 spiro atoms. The highest BCUT2D eigenvalue weighted by molar-refractivity contribution is 7.89. The van der Waals surface area contributed by atoms with Gasteiger partial charge in [0.1, 0.15) is 5.56 Å². The van der Waals surface area contributed by atoms with E-state index in [-0.39, 0.29) is 33.8 Å². The van der Waals surface area contributed by atoms with Gasteiger partial charge in [0.15, 0.2) is 0 Å². The number of carbonyl (C=O) groups excluding carboxylic acids is 1. The summed E-state index contributed by atoms with van der Waals surface area (Å²) >= 11 is 0. The quantitative estimate of drug-likeness (QED) is 0.715. The number of rotatable bonds is 5. The third-order valence-electron chi connectivity index (χ3n) is 7.60. The van der Waals surface area contributed by atoms with Crippen LogP contribution in [0, 0.1) is 5.92 Å². The van der Waals surface area contributed by atoms with Gasteiger partial charge in [0.2, 0.25) is 15.5 Å². The van der Waals surface area contributed by atoms with Crippen LogP contribution in [0.1, 0.15) is 75.1 Å². The average Bonchev–Trinajstić information content (AvgIpc) is 2.82. The summed E-state index contributed by atoms with van der Waals surface area (Å²) < 4.78 is 29.8. The van der Waals surface area contributed by atoms with Crippen LogP contribution in [0.15, 0.2) is 34.1 Å². The van der Waals surface area contributed by atoms with E-state index in [1.807, 2.05) is 0 Å². The molecule has 0 unspecified atom stereocenters. The Morgan fingerprint density at radius 1 is 1.06 bits per heavy atom. The molecule has 33 heavy (non-hydrogen) atoms. The van der Waals surface area contributed by atoms with Gasteiger partial charge in [-0.3, -0.25) is 9.59 Å². The molecule has 2 aromatic rings. The van der Waals surface area contributed by atoms with Crippen molar-refractivity contribution >= 4 is 26.8 Å². The molecule has 2 aliphatic rings. The maximum atomic E-state index is 13.3. The Morgan fingerprint density at radius 3 is 2.42 bits per heavy atom. The minimum atomic E-state index is -3.74. The van der Waals surface area contributed by atoms with Crippen LogP contribution >= 0.6 is 0 Å². The minimum Gasteiger partial charge on any atom is -0.350 e. The van der Waals surface area contributed by atoms with Crippen molar-refractivity contribution in [1.29, 1.82) is 0 Å². The highest BCUT2D eigenvalue weighted by atomic mass is 32.2. The lowest BCUT2D eigenvalue weighted by Crippen LogP contribution is -2.42. The molecule has 7 nitrogen and oxygen atoms in total. The highest BCUT2D eigenvalue weighted by Crippen LogP contribution is 2.28. The summed E-state index contributed by atoms with van der Waals surface area (Å²) in [6, 6.07) is 4.69. The SMILES string of the molecule is C[C@H]1CCCC[C@H]1NC(=O)c1cn(C)c2ccc(S(=O)(=O)N(C)C3CCCCC3)cc2c1=O. The van der Waals surface area contributed by atoms with Crippen LogP contribution in [0.25, 0.3) is 10.9 Å². The van der Waals surface area contributed by atoms with Crippen molar-refractivity contribution in [2.45, 2.75) is 81.7 Å². The Balaban J connectivity index is 1.69. The van der Waals surface area contributed by atoms with Gasteiger partial charge in [0.05, 0.1) is 10.4 Å². The number of hydrogen-bond acceptors (Lipinski definition) is 4. The first kappa shape index (κ1) is 24.0. The molecule has 8 heteroatoms. The van der Waals surface area contributed by atoms with Crippen molar-refractivity contribution in [3.8, 4) is 0 Å². The van der Waals surface area contributed by atoms with Gasteiger partial charge in [0.25, 0.3) is 5.91 Å². The first-order chi connectivity index (χ1) is 15.7. The topological polar surface area (TPSA) is 88.5 Å². The van der Waals surface area contributed by atoms with Crippen molar-refractivity contribution in [2.24, 2.45) is 13.0 Å². The minimum absolute atomic E-state index is 0.0168. The van der Waals surface area contributed by atoms with Crippen LogP contribution in [0.3, 0.4) is 0 Å². The van der Waals surface area contributed by atoms with Crippen LogP contribution in [-0.2, 0) is 17.1 Å². The third kappa shape index (κ3) is 4.73. The van der Waals surface area contributed by atoms with Crippen molar-refractivity contribution in [2.75, 3.05) is 7.05 Å². The number of fused-ring (bicyclic) bond motifs is 1. The van der Waals surface area contributed by atoms with Gasteiger partial charge < -0.3 is 9.88 Å². The second kappa shape index (κ2) is 9.58. The molecule has 1 aromatic heterocycles. The molecule has 2 fully saturated rings. The smallest absolute Gasteiger partial charge is 0.256 e. The lowest BCUT2D eigenvalue weighted by atomic mass is 9.86. The Morgan fingerprint density at radius 2 is 1.73 bits per heavy atom. The van der Waals surface area contributed by atoms with Gasteiger partial charge in [-0.15, -0.1) is 0 Å². The highest BCUT2D eigenvalue weighted by Gasteiger charge is 2.30. The van der Waals surface area contributed by atoms with Crippen molar-refractivity contribution in [1.82, 2.24) is 14.2 Å². The number of hydrogen-bond donors (Lipinski definition) is 1. The van der Waals surface area contributed by atoms with Gasteiger partial charge in [-0.2, -0.15) is 4.31 Å². The van der Waals surface area contributed by atoms with Crippen molar-refractivity contribution in [3.05, 3.63) is 40.2 Å². The molecule has 180 valence electrons. The summed E-state index contributed by atoms with van der Waals surface area (Å²) in [6.45, 7) is 2.13. The monoisotopic (exact) mass is 473 g/mol. The number of pyridine rings is 1. The molecule has 4 rings (SSSR count). The van der Waals surface area contributed by atoms with Gasteiger partial charge in [0, 0.05) is 37.8 Å². The molecule has 1 N–H and O–H groups in total. The van der Waals surface area contributed by atoms with Crippen molar-refractivity contribution < 1.29 is 13.2 Å². The predicted octanol–water partition coefficient (Wildman–Crippen LogP) is 3.80. The maximum Gasteiger partial charge on any atom is 0.256 e. The number of aromatic nitrogens is 1. The standard InChI is InChI=1S/C25H35N3O4S/c1-17-9-7-8-12-22(17)26-25(30)21-16-27(2)23-14-13-19(15-20(23)24(21)29)33(31,32)28(3)18-10-5-4-6-11-18/h13-18,22H,4-12H2,1-3H3,(H,26,30)/t17-,22+/m0/s1. The normalized spacial score (nSPS) is 22.5. The predicted molar refractivity (Wildman–Crippen MR) is 130 cm³/mol. The Bertz CT molecular complexity index is 1200. The van der Waals surface area contributed by atoms with E-state index in [1.54, 1.807) is 37.0 Å². The van der Waals surface area contributed by atoms with Gasteiger partial charge >= 0.3 is 0 Å². The molecule has 1 aromatic carbocycles. The molecule has 2 aliphatic carbocycles. The van der Waals surface area contributed by atoms with E-state index < -0.39 is 15.5 Å².